The van der Waals surface area contributed by atoms with Gasteiger partial charge in [-0.3, -0.25) is 9.36 Å². The minimum Gasteiger partial charge on any atom is -0.369 e. The largest absolute Gasteiger partial charge is 0.369 e. The molecule has 2 aromatic heterocycles. The van der Waals surface area contributed by atoms with Crippen molar-refractivity contribution in [3.05, 3.63) is 71.1 Å². The lowest BCUT2D eigenvalue weighted by Gasteiger charge is -2.34. The number of fused-ring (bicyclic) bond motifs is 1. The molecule has 0 amide bonds. The summed E-state index contributed by atoms with van der Waals surface area (Å²) in [4.78, 5) is 27.6. The molecule has 0 atom stereocenters. The van der Waals surface area contributed by atoms with E-state index in [9.17, 15) is 13.2 Å². The van der Waals surface area contributed by atoms with Crippen LogP contribution in [0, 0.1) is 0 Å². The van der Waals surface area contributed by atoms with Crippen molar-refractivity contribution in [2.75, 3.05) is 43.4 Å². The van der Waals surface area contributed by atoms with E-state index in [1.54, 1.807) is 41.1 Å². The van der Waals surface area contributed by atoms with Gasteiger partial charge in [0.2, 0.25) is 5.95 Å². The molecule has 10 heteroatoms. The smallest absolute Gasteiger partial charge is 0.260 e. The molecule has 39 heavy (non-hydrogen) atoms. The second kappa shape index (κ2) is 10.1. The predicted molar refractivity (Wildman–Crippen MR) is 155 cm³/mol. The summed E-state index contributed by atoms with van der Waals surface area (Å²) < 4.78 is 26.7. The highest BCUT2D eigenvalue weighted by Crippen LogP contribution is 2.34. The molecule has 2 aliphatic rings. The van der Waals surface area contributed by atoms with Crippen LogP contribution < -0.4 is 15.8 Å². The van der Waals surface area contributed by atoms with Crippen molar-refractivity contribution in [2.24, 2.45) is 0 Å². The van der Waals surface area contributed by atoms with Gasteiger partial charge in [0.25, 0.3) is 5.56 Å². The van der Waals surface area contributed by atoms with Crippen LogP contribution in [0.3, 0.4) is 0 Å². The van der Waals surface area contributed by atoms with E-state index in [0.29, 0.717) is 47.0 Å². The Bertz CT molecular complexity index is 1670. The maximum atomic E-state index is 13.4. The van der Waals surface area contributed by atoms with Crippen LogP contribution in [0.25, 0.3) is 22.2 Å². The van der Waals surface area contributed by atoms with E-state index in [4.69, 9.17) is 0 Å². The third-order valence-corrected chi connectivity index (χ3v) is 9.87. The lowest BCUT2D eigenvalue weighted by molar-refractivity contribution is 0.313. The van der Waals surface area contributed by atoms with Crippen LogP contribution in [0.5, 0.6) is 0 Å². The van der Waals surface area contributed by atoms with Gasteiger partial charge in [0, 0.05) is 61.2 Å². The van der Waals surface area contributed by atoms with E-state index >= 15 is 0 Å². The third kappa shape index (κ3) is 5.02. The second-order valence-corrected chi connectivity index (χ2v) is 12.5. The molecule has 2 fully saturated rings. The second-order valence-electron chi connectivity index (χ2n) is 10.3. The standard InChI is InChI=1S/C29H32N6O3S/c1-3-35-27-21(18-26(28(35)36)20-4-10-24(11-5-20)39(37,38)25-12-13-25)19-30-29(32-27)31-22-6-8-23(9-7-22)34-16-14-33(2)15-17-34/h4-11,18-19,25H,3,12-17H2,1-2H3,(H,30,31,32). The number of aromatic nitrogens is 3. The Morgan fingerprint density at radius 2 is 1.67 bits per heavy atom. The molecule has 4 aromatic rings. The lowest BCUT2D eigenvalue weighted by atomic mass is 10.1. The summed E-state index contributed by atoms with van der Waals surface area (Å²) in [5, 5.41) is 3.73. The molecule has 0 spiro atoms. The molecule has 1 saturated heterocycles. The summed E-state index contributed by atoms with van der Waals surface area (Å²) in [6, 6.07) is 16.6. The molecule has 0 bridgehead atoms. The van der Waals surface area contributed by atoms with Gasteiger partial charge in [-0.1, -0.05) is 12.1 Å². The molecule has 0 radical (unpaired) electrons. The zero-order valence-electron chi connectivity index (χ0n) is 22.2. The number of nitrogens with zero attached hydrogens (tertiary/aromatic N) is 5. The molecule has 3 heterocycles. The van der Waals surface area contributed by atoms with Gasteiger partial charge in [-0.25, -0.2) is 13.4 Å². The quantitative estimate of drug-likeness (QED) is 0.374. The van der Waals surface area contributed by atoms with Crippen LogP contribution in [0.4, 0.5) is 17.3 Å². The van der Waals surface area contributed by atoms with E-state index in [2.05, 4.69) is 44.3 Å². The first-order valence-corrected chi connectivity index (χ1v) is 14.9. The lowest BCUT2D eigenvalue weighted by Crippen LogP contribution is -2.44. The number of hydrogen-bond acceptors (Lipinski definition) is 8. The van der Waals surface area contributed by atoms with Gasteiger partial charge >= 0.3 is 0 Å². The fraction of sp³-hybridized carbons (Fsp3) is 0.345. The van der Waals surface area contributed by atoms with Crippen LogP contribution in [0.2, 0.25) is 0 Å². The van der Waals surface area contributed by atoms with E-state index in [0.717, 1.165) is 37.3 Å². The Morgan fingerprint density at radius 1 is 0.974 bits per heavy atom. The minimum absolute atomic E-state index is 0.177. The summed E-state index contributed by atoms with van der Waals surface area (Å²) >= 11 is 0. The molecular formula is C29H32N6O3S. The van der Waals surface area contributed by atoms with Crippen molar-refractivity contribution in [3.63, 3.8) is 0 Å². The van der Waals surface area contributed by atoms with E-state index < -0.39 is 9.84 Å². The monoisotopic (exact) mass is 544 g/mol. The molecule has 1 saturated carbocycles. The average molecular weight is 545 g/mol. The van der Waals surface area contributed by atoms with Gasteiger partial charge in [-0.05, 0) is 74.8 Å². The average Bonchev–Trinajstić information content (AvgIpc) is 3.81. The fourth-order valence-electron chi connectivity index (χ4n) is 5.06. The number of nitrogens with one attached hydrogen (secondary N) is 1. The first-order chi connectivity index (χ1) is 18.8. The maximum Gasteiger partial charge on any atom is 0.260 e. The normalized spacial score (nSPS) is 16.5. The summed E-state index contributed by atoms with van der Waals surface area (Å²) in [5.41, 5.74) is 3.59. The number of hydrogen-bond donors (Lipinski definition) is 1. The number of sulfone groups is 1. The Labute approximate surface area is 228 Å². The number of likely N-dealkylation sites (N-methyl/N-ethyl adjacent to an activating group) is 1. The summed E-state index contributed by atoms with van der Waals surface area (Å²) in [7, 11) is -1.13. The molecule has 9 nitrogen and oxygen atoms in total. The van der Waals surface area contributed by atoms with Crippen LogP contribution in [-0.4, -0.2) is 66.3 Å². The topological polar surface area (TPSA) is 100 Å². The predicted octanol–water partition coefficient (Wildman–Crippen LogP) is 3.91. The van der Waals surface area contributed by atoms with E-state index in [1.165, 1.54) is 5.69 Å². The SMILES string of the molecule is CCn1c(=O)c(-c2ccc(S(=O)(=O)C3CC3)cc2)cc2cnc(Nc3ccc(N4CCN(C)CC4)cc3)nc21. The van der Waals surface area contributed by atoms with Gasteiger partial charge in [-0.2, -0.15) is 4.98 Å². The van der Waals surface area contributed by atoms with Gasteiger partial charge < -0.3 is 15.1 Å². The Hall–Kier alpha value is -3.76. The highest BCUT2D eigenvalue weighted by Gasteiger charge is 2.36. The fourth-order valence-corrected chi connectivity index (χ4v) is 6.72. The van der Waals surface area contributed by atoms with Crippen molar-refractivity contribution < 1.29 is 8.42 Å². The Morgan fingerprint density at radius 3 is 2.31 bits per heavy atom. The number of benzene rings is 2. The number of piperazine rings is 1. The number of rotatable bonds is 7. The van der Waals surface area contributed by atoms with Crippen LogP contribution in [0.1, 0.15) is 19.8 Å². The summed E-state index contributed by atoms with van der Waals surface area (Å²) in [5.74, 6) is 0.416. The highest BCUT2D eigenvalue weighted by atomic mass is 32.2. The van der Waals surface area contributed by atoms with Crippen molar-refractivity contribution in [2.45, 2.75) is 36.5 Å². The minimum atomic E-state index is -3.28. The third-order valence-electron chi connectivity index (χ3n) is 7.59. The molecule has 1 N–H and O–H groups in total. The van der Waals surface area contributed by atoms with E-state index in [-0.39, 0.29) is 10.8 Å². The highest BCUT2D eigenvalue weighted by molar-refractivity contribution is 7.92. The van der Waals surface area contributed by atoms with Gasteiger partial charge in [0.15, 0.2) is 9.84 Å². The molecular weight excluding hydrogens is 512 g/mol. The van der Waals surface area contributed by atoms with Crippen LogP contribution in [-0.2, 0) is 16.4 Å². The maximum absolute atomic E-state index is 13.4. The zero-order chi connectivity index (χ0) is 27.1. The Kier molecular flexibility index (Phi) is 6.60. The molecule has 6 rings (SSSR count). The van der Waals surface area contributed by atoms with Crippen LogP contribution >= 0.6 is 0 Å². The Balaban J connectivity index is 1.26. The van der Waals surface area contributed by atoms with Crippen molar-refractivity contribution >= 4 is 38.2 Å². The van der Waals surface area contributed by atoms with Crippen molar-refractivity contribution in [3.8, 4) is 11.1 Å². The van der Waals surface area contributed by atoms with Crippen molar-refractivity contribution in [1.29, 1.82) is 0 Å². The van der Waals surface area contributed by atoms with Gasteiger partial charge in [0.05, 0.1) is 10.1 Å². The number of anilines is 3. The molecule has 1 aliphatic heterocycles. The van der Waals surface area contributed by atoms with Crippen molar-refractivity contribution in [1.82, 2.24) is 19.4 Å². The summed E-state index contributed by atoms with van der Waals surface area (Å²) in [6.45, 7) is 6.48. The van der Waals surface area contributed by atoms with Crippen LogP contribution in [0.15, 0.2) is 70.5 Å². The zero-order valence-corrected chi connectivity index (χ0v) is 23.0. The van der Waals surface area contributed by atoms with Gasteiger partial charge in [0.1, 0.15) is 5.65 Å². The first-order valence-electron chi connectivity index (χ1n) is 13.4. The molecule has 2 aromatic carbocycles. The first kappa shape index (κ1) is 25.5. The molecule has 202 valence electrons. The number of pyridine rings is 1. The molecule has 0 unspecified atom stereocenters. The van der Waals surface area contributed by atoms with Gasteiger partial charge in [-0.15, -0.1) is 0 Å². The molecule has 1 aliphatic carbocycles. The van der Waals surface area contributed by atoms with E-state index in [1.807, 2.05) is 19.1 Å². The number of aryl methyl sites for hydroxylation is 1. The summed E-state index contributed by atoms with van der Waals surface area (Å²) in [6.07, 6.45) is 3.15.